The Balaban J connectivity index is 1.83. The fourth-order valence-corrected chi connectivity index (χ4v) is 2.62. The molecule has 0 aliphatic heterocycles. The fraction of sp³-hybridized carbons (Fsp3) is 0.0588. The molecule has 0 aliphatic carbocycles. The molecule has 108 valence electrons. The number of ether oxygens (including phenoxy) is 1. The lowest BCUT2D eigenvalue weighted by molar-refractivity contribution is 0.420. The molecule has 0 atom stereocenters. The zero-order valence-electron chi connectivity index (χ0n) is 12.0. The minimum absolute atomic E-state index is 0.802. The van der Waals surface area contributed by atoms with Gasteiger partial charge in [-0.2, -0.15) is 5.10 Å². The molecular formula is C17H14N4O. The molecule has 2 N–H and O–H groups in total. The van der Waals surface area contributed by atoms with Gasteiger partial charge in [-0.15, -0.1) is 0 Å². The van der Waals surface area contributed by atoms with Gasteiger partial charge >= 0.3 is 0 Å². The molecular weight excluding hydrogens is 276 g/mol. The lowest BCUT2D eigenvalue weighted by Gasteiger charge is -2.12. The first kappa shape index (κ1) is 12.6. The predicted octanol–water partition coefficient (Wildman–Crippen LogP) is 3.86. The molecule has 0 unspecified atom stereocenters. The van der Waals surface area contributed by atoms with E-state index in [2.05, 4.69) is 20.5 Å². The van der Waals surface area contributed by atoms with E-state index in [1.807, 2.05) is 48.7 Å². The first-order chi connectivity index (χ1) is 10.8. The highest BCUT2D eigenvalue weighted by atomic mass is 16.5. The summed E-state index contributed by atoms with van der Waals surface area (Å²) in [5, 5.41) is 12.5. The predicted molar refractivity (Wildman–Crippen MR) is 87.7 cm³/mol. The minimum Gasteiger partial charge on any atom is -0.496 e. The van der Waals surface area contributed by atoms with Gasteiger partial charge in [0.1, 0.15) is 5.75 Å². The Bertz CT molecular complexity index is 956. The number of nitrogens with one attached hydrogen (secondary N) is 2. The molecule has 4 rings (SSSR count). The Morgan fingerprint density at radius 1 is 1.14 bits per heavy atom. The van der Waals surface area contributed by atoms with Crippen LogP contribution in [-0.4, -0.2) is 22.3 Å². The zero-order chi connectivity index (χ0) is 14.9. The van der Waals surface area contributed by atoms with Gasteiger partial charge in [-0.3, -0.25) is 10.1 Å². The van der Waals surface area contributed by atoms with Crippen molar-refractivity contribution in [3.63, 3.8) is 0 Å². The van der Waals surface area contributed by atoms with E-state index in [4.69, 9.17) is 4.74 Å². The van der Waals surface area contributed by atoms with E-state index in [1.54, 1.807) is 13.3 Å². The van der Waals surface area contributed by atoms with Gasteiger partial charge in [-0.1, -0.05) is 6.07 Å². The van der Waals surface area contributed by atoms with E-state index in [-0.39, 0.29) is 0 Å². The van der Waals surface area contributed by atoms with Crippen LogP contribution in [0.3, 0.4) is 0 Å². The van der Waals surface area contributed by atoms with E-state index in [0.29, 0.717) is 0 Å². The summed E-state index contributed by atoms with van der Waals surface area (Å²) in [6.45, 7) is 0. The van der Waals surface area contributed by atoms with Crippen molar-refractivity contribution in [1.82, 2.24) is 15.2 Å². The van der Waals surface area contributed by atoms with Crippen molar-refractivity contribution in [1.29, 1.82) is 0 Å². The van der Waals surface area contributed by atoms with Gasteiger partial charge in [0.05, 0.1) is 35.4 Å². The Labute approximate surface area is 126 Å². The summed E-state index contributed by atoms with van der Waals surface area (Å²) in [6.07, 6.45) is 3.60. The Hall–Kier alpha value is -3.08. The number of anilines is 2. The first-order valence-electron chi connectivity index (χ1n) is 6.97. The number of aromatic amines is 1. The van der Waals surface area contributed by atoms with Crippen LogP contribution in [0.25, 0.3) is 21.8 Å². The first-order valence-corrected chi connectivity index (χ1v) is 6.97. The van der Waals surface area contributed by atoms with Crippen LogP contribution in [0, 0.1) is 0 Å². The molecule has 2 heterocycles. The number of hydrogen-bond acceptors (Lipinski definition) is 4. The second-order valence-corrected chi connectivity index (χ2v) is 5.01. The lowest BCUT2D eigenvalue weighted by atomic mass is 10.1. The van der Waals surface area contributed by atoms with Gasteiger partial charge in [-0.05, 0) is 36.4 Å². The summed E-state index contributed by atoms with van der Waals surface area (Å²) in [5.74, 6) is 0.802. The molecule has 2 aromatic heterocycles. The number of hydrogen-bond donors (Lipinski definition) is 2. The number of H-pyrrole nitrogens is 1. The lowest BCUT2D eigenvalue weighted by Crippen LogP contribution is -1.95. The van der Waals surface area contributed by atoms with Crippen molar-refractivity contribution < 1.29 is 4.74 Å². The number of benzene rings is 2. The average molecular weight is 290 g/mol. The molecule has 2 aromatic carbocycles. The average Bonchev–Trinajstić information content (AvgIpc) is 3.02. The smallest absolute Gasteiger partial charge is 0.130 e. The van der Waals surface area contributed by atoms with Crippen LogP contribution >= 0.6 is 0 Å². The van der Waals surface area contributed by atoms with Gasteiger partial charge in [0.2, 0.25) is 0 Å². The quantitative estimate of drug-likeness (QED) is 0.601. The van der Waals surface area contributed by atoms with Crippen molar-refractivity contribution in [2.45, 2.75) is 0 Å². The highest BCUT2D eigenvalue weighted by Gasteiger charge is 2.08. The highest BCUT2D eigenvalue weighted by molar-refractivity contribution is 5.98. The molecule has 0 bridgehead atoms. The second-order valence-electron chi connectivity index (χ2n) is 5.01. The third kappa shape index (κ3) is 2.03. The van der Waals surface area contributed by atoms with Gasteiger partial charge in [-0.25, -0.2) is 0 Å². The maximum absolute atomic E-state index is 5.47. The zero-order valence-corrected chi connectivity index (χ0v) is 12.0. The number of nitrogens with zero attached hydrogens (tertiary/aromatic N) is 2. The van der Waals surface area contributed by atoms with Crippen molar-refractivity contribution >= 4 is 33.2 Å². The number of rotatable bonds is 3. The highest BCUT2D eigenvalue weighted by Crippen LogP contribution is 2.33. The Kier molecular flexibility index (Phi) is 2.89. The van der Waals surface area contributed by atoms with Crippen LogP contribution in [0.15, 0.2) is 54.9 Å². The molecule has 0 aliphatic rings. The summed E-state index contributed by atoms with van der Waals surface area (Å²) >= 11 is 0. The molecule has 0 saturated carbocycles. The van der Waals surface area contributed by atoms with Crippen LogP contribution in [0.2, 0.25) is 0 Å². The van der Waals surface area contributed by atoms with E-state index in [1.165, 1.54) is 0 Å². The van der Waals surface area contributed by atoms with Crippen molar-refractivity contribution in [2.24, 2.45) is 0 Å². The van der Waals surface area contributed by atoms with Gasteiger partial charge < -0.3 is 10.1 Å². The fourth-order valence-electron chi connectivity index (χ4n) is 2.62. The van der Waals surface area contributed by atoms with E-state index in [9.17, 15) is 0 Å². The number of pyridine rings is 1. The Morgan fingerprint density at radius 2 is 2.09 bits per heavy atom. The van der Waals surface area contributed by atoms with Crippen LogP contribution in [0.5, 0.6) is 5.75 Å². The molecule has 0 amide bonds. The van der Waals surface area contributed by atoms with Crippen LogP contribution in [-0.2, 0) is 0 Å². The molecule has 0 fully saturated rings. The van der Waals surface area contributed by atoms with Crippen LogP contribution in [0.1, 0.15) is 0 Å². The molecule has 0 spiro atoms. The maximum Gasteiger partial charge on any atom is 0.130 e. The summed E-state index contributed by atoms with van der Waals surface area (Å²) < 4.78 is 5.47. The summed E-state index contributed by atoms with van der Waals surface area (Å²) in [5.41, 5.74) is 3.83. The van der Waals surface area contributed by atoms with Gasteiger partial charge in [0.25, 0.3) is 0 Å². The van der Waals surface area contributed by atoms with Gasteiger partial charge in [0.15, 0.2) is 0 Å². The monoisotopic (exact) mass is 290 g/mol. The normalized spacial score (nSPS) is 11.0. The van der Waals surface area contributed by atoms with Crippen LogP contribution < -0.4 is 10.1 Å². The van der Waals surface area contributed by atoms with Crippen molar-refractivity contribution in [3.8, 4) is 5.75 Å². The SMILES string of the molecule is COc1cccc2nccc(Nc3ccc4cn[nH]c4c3)c12. The number of fused-ring (bicyclic) bond motifs is 2. The summed E-state index contributed by atoms with van der Waals surface area (Å²) in [7, 11) is 1.67. The molecule has 5 nitrogen and oxygen atoms in total. The molecule has 0 saturated heterocycles. The maximum atomic E-state index is 5.47. The Morgan fingerprint density at radius 3 is 3.00 bits per heavy atom. The van der Waals surface area contributed by atoms with Crippen molar-refractivity contribution in [2.75, 3.05) is 12.4 Å². The number of methoxy groups -OCH3 is 1. The summed E-state index contributed by atoms with van der Waals surface area (Å²) in [6, 6.07) is 13.9. The molecule has 5 heteroatoms. The topological polar surface area (TPSA) is 62.8 Å². The second kappa shape index (κ2) is 5.04. The largest absolute Gasteiger partial charge is 0.496 e. The van der Waals surface area contributed by atoms with E-state index < -0.39 is 0 Å². The standard InChI is InChI=1S/C17H14N4O/c1-22-16-4-2-3-13-17(16)14(7-8-18-13)20-12-6-5-11-10-19-21-15(11)9-12/h2-10H,1H3,(H,18,20)(H,19,21). The van der Waals surface area contributed by atoms with E-state index in [0.717, 1.165) is 38.9 Å². The van der Waals surface area contributed by atoms with Crippen molar-refractivity contribution in [3.05, 3.63) is 54.9 Å². The minimum atomic E-state index is 0.802. The summed E-state index contributed by atoms with van der Waals surface area (Å²) in [4.78, 5) is 4.40. The third-order valence-electron chi connectivity index (χ3n) is 3.67. The molecule has 22 heavy (non-hydrogen) atoms. The molecule has 0 radical (unpaired) electrons. The van der Waals surface area contributed by atoms with E-state index >= 15 is 0 Å². The van der Waals surface area contributed by atoms with Crippen LogP contribution in [0.4, 0.5) is 11.4 Å². The number of aromatic nitrogens is 3. The molecule has 4 aromatic rings. The third-order valence-corrected chi connectivity index (χ3v) is 3.67. The van der Waals surface area contributed by atoms with Gasteiger partial charge in [0, 0.05) is 17.3 Å².